The normalized spacial score (nSPS) is 25.5. The van der Waals surface area contributed by atoms with E-state index < -0.39 is 0 Å². The van der Waals surface area contributed by atoms with Gasteiger partial charge in [-0.05, 0) is 32.4 Å². The lowest BCUT2D eigenvalue weighted by molar-refractivity contribution is 0.193. The smallest absolute Gasteiger partial charge is 0.0534 e. The summed E-state index contributed by atoms with van der Waals surface area (Å²) in [5.41, 5.74) is 7.10. The SMILES string of the molecule is CN(Cc1cnn(C)c1)C1CCCC1CN. The summed E-state index contributed by atoms with van der Waals surface area (Å²) in [6.07, 6.45) is 7.94. The van der Waals surface area contributed by atoms with Crippen molar-refractivity contribution in [3.8, 4) is 0 Å². The van der Waals surface area contributed by atoms with Gasteiger partial charge in [-0.15, -0.1) is 0 Å². The van der Waals surface area contributed by atoms with Gasteiger partial charge in [0, 0.05) is 31.4 Å². The minimum absolute atomic E-state index is 0.658. The second-order valence-corrected chi connectivity index (χ2v) is 4.93. The van der Waals surface area contributed by atoms with Crippen LogP contribution in [-0.4, -0.2) is 34.3 Å². The van der Waals surface area contributed by atoms with Gasteiger partial charge >= 0.3 is 0 Å². The van der Waals surface area contributed by atoms with Crippen molar-refractivity contribution in [3.63, 3.8) is 0 Å². The second-order valence-electron chi connectivity index (χ2n) is 4.93. The molecule has 0 aliphatic heterocycles. The van der Waals surface area contributed by atoms with Crippen LogP contribution in [0.2, 0.25) is 0 Å². The molecule has 0 radical (unpaired) electrons. The van der Waals surface area contributed by atoms with Crippen molar-refractivity contribution in [2.24, 2.45) is 18.7 Å². The Morgan fingerprint density at radius 1 is 1.56 bits per heavy atom. The molecule has 4 nitrogen and oxygen atoms in total. The molecule has 1 aliphatic rings. The van der Waals surface area contributed by atoms with Gasteiger partial charge < -0.3 is 5.73 Å². The molecule has 2 rings (SSSR count). The van der Waals surface area contributed by atoms with Gasteiger partial charge in [0.15, 0.2) is 0 Å². The van der Waals surface area contributed by atoms with E-state index in [1.807, 2.05) is 17.9 Å². The zero-order valence-electron chi connectivity index (χ0n) is 10.3. The standard InChI is InChI=1S/C12H22N4/c1-15(8-10-7-14-16(2)9-10)12-5-3-4-11(12)6-13/h7,9,11-12H,3-6,8,13H2,1-2H3. The van der Waals surface area contributed by atoms with E-state index in [1.54, 1.807) is 0 Å². The van der Waals surface area contributed by atoms with Crippen molar-refractivity contribution in [3.05, 3.63) is 18.0 Å². The van der Waals surface area contributed by atoms with Crippen molar-refractivity contribution >= 4 is 0 Å². The molecule has 1 aromatic rings. The molecule has 90 valence electrons. The third-order valence-corrected chi connectivity index (χ3v) is 3.68. The first-order valence-electron chi connectivity index (χ1n) is 6.08. The predicted octanol–water partition coefficient (Wildman–Crippen LogP) is 0.979. The summed E-state index contributed by atoms with van der Waals surface area (Å²) in [5, 5.41) is 4.20. The number of hydrogen-bond acceptors (Lipinski definition) is 3. The summed E-state index contributed by atoms with van der Waals surface area (Å²) in [7, 11) is 4.16. The van der Waals surface area contributed by atoms with E-state index in [4.69, 9.17) is 5.73 Å². The lowest BCUT2D eigenvalue weighted by Crippen LogP contribution is -2.37. The van der Waals surface area contributed by atoms with Gasteiger partial charge in [-0.2, -0.15) is 5.10 Å². The fourth-order valence-corrected chi connectivity index (χ4v) is 2.83. The van der Waals surface area contributed by atoms with Crippen LogP contribution in [0.3, 0.4) is 0 Å². The Balaban J connectivity index is 1.94. The number of nitrogens with zero attached hydrogens (tertiary/aromatic N) is 3. The lowest BCUT2D eigenvalue weighted by atomic mass is 10.0. The van der Waals surface area contributed by atoms with Gasteiger partial charge in [0.2, 0.25) is 0 Å². The van der Waals surface area contributed by atoms with E-state index in [1.165, 1.54) is 24.8 Å². The first kappa shape index (κ1) is 11.6. The van der Waals surface area contributed by atoms with Crippen LogP contribution in [-0.2, 0) is 13.6 Å². The molecule has 2 N–H and O–H groups in total. The fraction of sp³-hybridized carbons (Fsp3) is 0.750. The molecule has 1 aliphatic carbocycles. The van der Waals surface area contributed by atoms with E-state index in [0.717, 1.165) is 13.1 Å². The van der Waals surface area contributed by atoms with Crippen molar-refractivity contribution in [2.45, 2.75) is 31.8 Å². The zero-order chi connectivity index (χ0) is 11.5. The van der Waals surface area contributed by atoms with Crippen molar-refractivity contribution < 1.29 is 0 Å². The Morgan fingerprint density at radius 2 is 2.38 bits per heavy atom. The predicted molar refractivity (Wildman–Crippen MR) is 64.9 cm³/mol. The molecule has 16 heavy (non-hydrogen) atoms. The lowest BCUT2D eigenvalue weighted by Gasteiger charge is -2.28. The molecule has 1 aromatic heterocycles. The Labute approximate surface area is 97.4 Å². The molecule has 2 unspecified atom stereocenters. The van der Waals surface area contributed by atoms with Crippen molar-refractivity contribution in [1.82, 2.24) is 14.7 Å². The fourth-order valence-electron chi connectivity index (χ4n) is 2.83. The highest BCUT2D eigenvalue weighted by atomic mass is 15.2. The summed E-state index contributed by atoms with van der Waals surface area (Å²) < 4.78 is 1.86. The number of nitrogens with two attached hydrogens (primary N) is 1. The van der Waals surface area contributed by atoms with Crippen LogP contribution < -0.4 is 5.73 Å². The molecular formula is C12H22N4. The molecule has 1 fully saturated rings. The van der Waals surface area contributed by atoms with Crippen LogP contribution in [0.25, 0.3) is 0 Å². The Kier molecular flexibility index (Phi) is 3.61. The van der Waals surface area contributed by atoms with Crippen molar-refractivity contribution in [1.29, 1.82) is 0 Å². The summed E-state index contributed by atoms with van der Waals surface area (Å²) in [4.78, 5) is 2.43. The first-order chi connectivity index (χ1) is 7.70. The summed E-state index contributed by atoms with van der Waals surface area (Å²) in [6, 6.07) is 0.658. The van der Waals surface area contributed by atoms with Crippen LogP contribution in [0, 0.1) is 5.92 Å². The molecule has 1 heterocycles. The van der Waals surface area contributed by atoms with Crippen LogP contribution >= 0.6 is 0 Å². The number of aryl methyl sites for hydroxylation is 1. The van der Waals surface area contributed by atoms with E-state index in [0.29, 0.717) is 12.0 Å². The van der Waals surface area contributed by atoms with E-state index in [9.17, 15) is 0 Å². The minimum Gasteiger partial charge on any atom is -0.330 e. The molecule has 0 bridgehead atoms. The largest absolute Gasteiger partial charge is 0.330 e. The highest BCUT2D eigenvalue weighted by molar-refractivity contribution is 5.04. The molecule has 1 saturated carbocycles. The average Bonchev–Trinajstić information content (AvgIpc) is 2.86. The van der Waals surface area contributed by atoms with Gasteiger partial charge in [0.05, 0.1) is 6.20 Å². The van der Waals surface area contributed by atoms with Gasteiger partial charge in [-0.3, -0.25) is 9.58 Å². The van der Waals surface area contributed by atoms with Crippen LogP contribution in [0.4, 0.5) is 0 Å². The van der Waals surface area contributed by atoms with Crippen LogP contribution in [0.5, 0.6) is 0 Å². The number of hydrogen-bond donors (Lipinski definition) is 1. The highest BCUT2D eigenvalue weighted by Crippen LogP contribution is 2.29. The maximum Gasteiger partial charge on any atom is 0.0534 e. The number of aromatic nitrogens is 2. The Hall–Kier alpha value is -0.870. The van der Waals surface area contributed by atoms with Gasteiger partial charge in [0.25, 0.3) is 0 Å². The quantitative estimate of drug-likeness (QED) is 0.826. The summed E-state index contributed by atoms with van der Waals surface area (Å²) >= 11 is 0. The first-order valence-corrected chi connectivity index (χ1v) is 6.08. The molecule has 0 amide bonds. The molecule has 4 heteroatoms. The second kappa shape index (κ2) is 4.97. The van der Waals surface area contributed by atoms with Gasteiger partial charge in [0.1, 0.15) is 0 Å². The molecule has 0 saturated heterocycles. The maximum atomic E-state index is 5.82. The van der Waals surface area contributed by atoms with Crippen LogP contribution in [0.1, 0.15) is 24.8 Å². The monoisotopic (exact) mass is 222 g/mol. The third-order valence-electron chi connectivity index (χ3n) is 3.68. The molecule has 0 spiro atoms. The zero-order valence-corrected chi connectivity index (χ0v) is 10.3. The van der Waals surface area contributed by atoms with Crippen molar-refractivity contribution in [2.75, 3.05) is 13.6 Å². The van der Waals surface area contributed by atoms with Gasteiger partial charge in [-0.25, -0.2) is 0 Å². The molecular weight excluding hydrogens is 200 g/mol. The average molecular weight is 222 g/mol. The minimum atomic E-state index is 0.658. The van der Waals surface area contributed by atoms with E-state index in [2.05, 4.69) is 23.2 Å². The van der Waals surface area contributed by atoms with Crippen LogP contribution in [0.15, 0.2) is 12.4 Å². The third kappa shape index (κ3) is 2.44. The summed E-state index contributed by atoms with van der Waals surface area (Å²) in [6.45, 7) is 1.80. The topological polar surface area (TPSA) is 47.1 Å². The Bertz CT molecular complexity index is 334. The molecule has 0 aromatic carbocycles. The Morgan fingerprint density at radius 3 is 3.00 bits per heavy atom. The van der Waals surface area contributed by atoms with E-state index >= 15 is 0 Å². The maximum absolute atomic E-state index is 5.82. The molecule has 2 atom stereocenters. The van der Waals surface area contributed by atoms with Gasteiger partial charge in [-0.1, -0.05) is 6.42 Å². The summed E-state index contributed by atoms with van der Waals surface area (Å²) in [5.74, 6) is 0.682. The van der Waals surface area contributed by atoms with E-state index in [-0.39, 0.29) is 0 Å². The number of rotatable bonds is 4. The highest BCUT2D eigenvalue weighted by Gasteiger charge is 2.29.